The van der Waals surface area contributed by atoms with Gasteiger partial charge in [-0.3, -0.25) is 9.98 Å². The molecule has 0 saturated carbocycles. The minimum atomic E-state index is -0.0405. The number of aliphatic imine (C=N–C) groups is 2. The Morgan fingerprint density at radius 1 is 0.696 bits per heavy atom. The summed E-state index contributed by atoms with van der Waals surface area (Å²) in [5.74, 6) is -0.0940. The second-order valence-electron chi connectivity index (χ2n) is 4.56. The van der Waals surface area contributed by atoms with Crippen molar-refractivity contribution in [2.24, 2.45) is 9.98 Å². The fraction of sp³-hybridized carbons (Fsp3) is 0.125. The van der Waals surface area contributed by atoms with Gasteiger partial charge in [0.2, 0.25) is 0 Å². The minimum absolute atomic E-state index is 0. The monoisotopic (exact) mass is 363 g/mol. The van der Waals surface area contributed by atoms with Crippen molar-refractivity contribution in [2.45, 2.75) is 0 Å². The van der Waals surface area contributed by atoms with Crippen molar-refractivity contribution in [1.82, 2.24) is 0 Å². The molecule has 0 aliphatic heterocycles. The number of nitrogens with zero attached hydrogens (tertiary/aromatic N) is 2. The number of rotatable bonds is 5. The Hall–Kier alpha value is -2.50. The first-order valence-electron chi connectivity index (χ1n) is 6.60. The van der Waals surface area contributed by atoms with Gasteiger partial charge in [-0.25, -0.2) is 0 Å². The molecule has 2 aromatic rings. The number of hydrogen-bond donors (Lipinski definition) is 4. The average Bonchev–Trinajstić information content (AvgIpc) is 2.46. The number of hydrogen-bond acceptors (Lipinski definition) is 6. The van der Waals surface area contributed by atoms with Crippen LogP contribution in [0, 0.1) is 0 Å². The molecule has 2 rings (SSSR count). The van der Waals surface area contributed by atoms with Gasteiger partial charge in [0, 0.05) is 35.7 Å². The van der Waals surface area contributed by atoms with Gasteiger partial charge in [-0.15, -0.1) is 0 Å². The molecule has 23 heavy (non-hydrogen) atoms. The number of phenolic OH excluding ortho intramolecular Hbond substituents is 4. The van der Waals surface area contributed by atoms with Gasteiger partial charge >= 0.3 is 17.1 Å². The molecule has 0 amide bonds. The van der Waals surface area contributed by atoms with E-state index in [0.717, 1.165) is 0 Å². The van der Waals surface area contributed by atoms with E-state index in [1.54, 1.807) is 12.1 Å². The normalized spacial score (nSPS) is 11.0. The third kappa shape index (κ3) is 5.65. The zero-order chi connectivity index (χ0) is 15.9. The molecule has 0 unspecified atom stereocenters. The van der Waals surface area contributed by atoms with Crippen molar-refractivity contribution >= 4 is 12.4 Å². The SMILES string of the molecule is Oc1ccc(C=NCCN=Cc2ccc(O)cc2O)c(O)c1.[Cu+2]. The van der Waals surface area contributed by atoms with Crippen LogP contribution >= 0.6 is 0 Å². The summed E-state index contributed by atoms with van der Waals surface area (Å²) in [4.78, 5) is 8.23. The molecular weight excluding hydrogens is 348 g/mol. The summed E-state index contributed by atoms with van der Waals surface area (Å²) in [7, 11) is 0. The van der Waals surface area contributed by atoms with E-state index in [9.17, 15) is 10.2 Å². The van der Waals surface area contributed by atoms with Gasteiger partial charge in [0.05, 0.1) is 13.1 Å². The third-order valence-corrected chi connectivity index (χ3v) is 2.85. The van der Waals surface area contributed by atoms with Crippen molar-refractivity contribution in [2.75, 3.05) is 13.1 Å². The van der Waals surface area contributed by atoms with Crippen molar-refractivity contribution in [1.29, 1.82) is 0 Å². The fourth-order valence-electron chi connectivity index (χ4n) is 1.72. The van der Waals surface area contributed by atoms with Gasteiger partial charge in [-0.05, 0) is 24.3 Å². The van der Waals surface area contributed by atoms with Gasteiger partial charge in [-0.1, -0.05) is 0 Å². The molecule has 0 heterocycles. The maximum atomic E-state index is 9.57. The largest absolute Gasteiger partial charge is 2.00 e. The van der Waals surface area contributed by atoms with Crippen molar-refractivity contribution in [3.05, 3.63) is 47.5 Å². The van der Waals surface area contributed by atoms with Crippen molar-refractivity contribution < 1.29 is 37.5 Å². The first-order valence-corrected chi connectivity index (χ1v) is 6.60. The summed E-state index contributed by atoms with van der Waals surface area (Å²) in [6.07, 6.45) is 3.00. The van der Waals surface area contributed by atoms with Crippen LogP contribution in [0.4, 0.5) is 0 Å². The van der Waals surface area contributed by atoms with Crippen LogP contribution in [0.2, 0.25) is 0 Å². The van der Waals surface area contributed by atoms with E-state index < -0.39 is 0 Å². The fourth-order valence-corrected chi connectivity index (χ4v) is 1.72. The first kappa shape index (κ1) is 18.5. The van der Waals surface area contributed by atoms with Gasteiger partial charge in [0.1, 0.15) is 23.0 Å². The molecule has 4 N–H and O–H groups in total. The van der Waals surface area contributed by atoms with Gasteiger partial charge in [0.15, 0.2) is 0 Å². The van der Waals surface area contributed by atoms with Crippen LogP contribution in [0.25, 0.3) is 0 Å². The van der Waals surface area contributed by atoms with E-state index >= 15 is 0 Å². The summed E-state index contributed by atoms with van der Waals surface area (Å²) in [5, 5.41) is 37.5. The molecule has 0 atom stereocenters. The van der Waals surface area contributed by atoms with Gasteiger partial charge in [-0.2, -0.15) is 0 Å². The molecule has 0 bridgehead atoms. The molecule has 2 aromatic carbocycles. The van der Waals surface area contributed by atoms with Crippen LogP contribution in [-0.2, 0) is 17.1 Å². The third-order valence-electron chi connectivity index (χ3n) is 2.85. The Morgan fingerprint density at radius 2 is 1.09 bits per heavy atom. The molecular formula is C16H16CuN2O4+2. The Balaban J connectivity index is 0.00000264. The standard InChI is InChI=1S/C16H16N2O4.Cu/c19-13-3-1-11(15(21)7-13)9-17-5-6-18-10-12-2-4-14(20)8-16(12)22;/h1-4,7-10,19-22H,5-6H2;/q;+2. The minimum Gasteiger partial charge on any atom is -0.508 e. The van der Waals surface area contributed by atoms with E-state index in [0.29, 0.717) is 24.2 Å². The van der Waals surface area contributed by atoms with Crippen molar-refractivity contribution in [3.63, 3.8) is 0 Å². The molecule has 123 valence electrons. The maximum Gasteiger partial charge on any atom is 2.00 e. The van der Waals surface area contributed by atoms with Crippen LogP contribution in [-0.4, -0.2) is 45.9 Å². The predicted octanol–water partition coefficient (Wildman–Crippen LogP) is 2.04. The second kappa shape index (κ2) is 8.82. The smallest absolute Gasteiger partial charge is 0.508 e. The molecule has 0 aromatic heterocycles. The quantitative estimate of drug-likeness (QED) is 0.370. The molecule has 0 spiro atoms. The molecule has 0 saturated heterocycles. The van der Waals surface area contributed by atoms with E-state index in [1.807, 2.05) is 0 Å². The predicted molar refractivity (Wildman–Crippen MR) is 84.5 cm³/mol. The zero-order valence-electron chi connectivity index (χ0n) is 12.0. The first-order chi connectivity index (χ1) is 10.6. The molecule has 0 aliphatic rings. The molecule has 0 aliphatic carbocycles. The van der Waals surface area contributed by atoms with E-state index in [1.165, 1.54) is 36.7 Å². The molecule has 7 heteroatoms. The van der Waals surface area contributed by atoms with Gasteiger partial charge in [0.25, 0.3) is 0 Å². The Kier molecular flexibility index (Phi) is 7.12. The van der Waals surface area contributed by atoms with Crippen molar-refractivity contribution in [3.8, 4) is 23.0 Å². The Morgan fingerprint density at radius 3 is 1.43 bits per heavy atom. The van der Waals surface area contributed by atoms with E-state index in [2.05, 4.69) is 9.98 Å². The molecule has 0 fully saturated rings. The van der Waals surface area contributed by atoms with Crippen LogP contribution in [0.1, 0.15) is 11.1 Å². The van der Waals surface area contributed by atoms with Crippen LogP contribution in [0.3, 0.4) is 0 Å². The van der Waals surface area contributed by atoms with E-state index in [4.69, 9.17) is 10.2 Å². The summed E-state index contributed by atoms with van der Waals surface area (Å²) < 4.78 is 0. The summed E-state index contributed by atoms with van der Waals surface area (Å²) in [6, 6.07) is 8.54. The topological polar surface area (TPSA) is 106 Å². The van der Waals surface area contributed by atoms with Gasteiger partial charge < -0.3 is 20.4 Å². The maximum absolute atomic E-state index is 9.57. The number of benzene rings is 2. The average molecular weight is 364 g/mol. The number of phenols is 4. The summed E-state index contributed by atoms with van der Waals surface area (Å²) >= 11 is 0. The summed E-state index contributed by atoms with van der Waals surface area (Å²) in [5.41, 5.74) is 1.02. The van der Waals surface area contributed by atoms with Crippen LogP contribution in [0.5, 0.6) is 23.0 Å². The van der Waals surface area contributed by atoms with Crippen LogP contribution in [0.15, 0.2) is 46.4 Å². The molecule has 1 radical (unpaired) electrons. The van der Waals surface area contributed by atoms with Crippen LogP contribution < -0.4 is 0 Å². The zero-order valence-corrected chi connectivity index (χ0v) is 13.0. The number of aromatic hydroxyl groups is 4. The Labute approximate surface area is 144 Å². The molecule has 6 nitrogen and oxygen atoms in total. The second-order valence-corrected chi connectivity index (χ2v) is 4.56. The summed E-state index contributed by atoms with van der Waals surface area (Å²) in [6.45, 7) is 0.825. The van der Waals surface area contributed by atoms with E-state index in [-0.39, 0.29) is 40.1 Å². The Bertz CT molecular complexity index is 656.